The highest BCUT2D eigenvalue weighted by Crippen LogP contribution is 2.20. The van der Waals surface area contributed by atoms with E-state index in [1.165, 1.54) is 25.3 Å². The zero-order valence-corrected chi connectivity index (χ0v) is 7.77. The van der Waals surface area contributed by atoms with Crippen molar-refractivity contribution in [3.05, 3.63) is 23.8 Å². The molecule has 0 saturated carbocycles. The Morgan fingerprint density at radius 3 is 2.36 bits per heavy atom. The van der Waals surface area contributed by atoms with Crippen LogP contribution < -0.4 is 5.84 Å². The van der Waals surface area contributed by atoms with Gasteiger partial charge in [-0.05, 0) is 17.7 Å². The van der Waals surface area contributed by atoms with E-state index in [1.807, 2.05) is 0 Å². The molecule has 0 amide bonds. The highest BCUT2D eigenvalue weighted by atomic mass is 16.5. The van der Waals surface area contributed by atoms with Gasteiger partial charge in [-0.15, -0.1) is 5.10 Å². The van der Waals surface area contributed by atoms with Crippen LogP contribution in [0.3, 0.4) is 0 Å². The number of nitrogens with zero attached hydrogens (tertiary/aromatic N) is 1. The molecule has 1 aromatic carbocycles. The fourth-order valence-corrected chi connectivity index (χ4v) is 1.10. The number of methoxy groups -OCH3 is 1. The van der Waals surface area contributed by atoms with Crippen LogP contribution in [0.5, 0.6) is 11.5 Å². The number of rotatable bonds is 2. The average molecular weight is 196 g/mol. The summed E-state index contributed by atoms with van der Waals surface area (Å²) in [5.74, 6) is 5.36. The van der Waals surface area contributed by atoms with Gasteiger partial charge in [0, 0.05) is 6.07 Å². The maximum atomic E-state index is 9.18. The Morgan fingerprint density at radius 1 is 1.36 bits per heavy atom. The lowest BCUT2D eigenvalue weighted by atomic mass is 10.1. The van der Waals surface area contributed by atoms with E-state index in [2.05, 4.69) is 5.10 Å². The Kier molecular flexibility index (Phi) is 3.17. The van der Waals surface area contributed by atoms with Crippen molar-refractivity contribution in [3.63, 3.8) is 0 Å². The molecular weight excluding hydrogens is 184 g/mol. The zero-order valence-electron chi connectivity index (χ0n) is 7.77. The van der Waals surface area contributed by atoms with Crippen molar-refractivity contribution in [2.45, 2.75) is 6.42 Å². The molecule has 0 fully saturated rings. The highest BCUT2D eigenvalue weighted by molar-refractivity contribution is 5.78. The number of hydrogen-bond donors (Lipinski definition) is 3. The molecule has 1 rings (SSSR count). The minimum absolute atomic E-state index is 0.00697. The second kappa shape index (κ2) is 4.36. The summed E-state index contributed by atoms with van der Waals surface area (Å²) in [4.78, 5) is 0. The van der Waals surface area contributed by atoms with E-state index < -0.39 is 0 Å². The minimum Gasteiger partial charge on any atom is -0.508 e. The summed E-state index contributed by atoms with van der Waals surface area (Å²) in [6, 6.07) is 4.25. The van der Waals surface area contributed by atoms with Crippen LogP contribution in [-0.2, 0) is 11.2 Å². The lowest BCUT2D eigenvalue weighted by molar-refractivity contribution is 0.391. The van der Waals surface area contributed by atoms with Crippen LogP contribution in [0.25, 0.3) is 0 Å². The third-order valence-corrected chi connectivity index (χ3v) is 1.70. The molecule has 0 aliphatic carbocycles. The Hall–Kier alpha value is -1.91. The van der Waals surface area contributed by atoms with Crippen LogP contribution in [0.2, 0.25) is 0 Å². The monoisotopic (exact) mass is 196 g/mol. The fraction of sp³-hybridized carbons (Fsp3) is 0.222. The summed E-state index contributed by atoms with van der Waals surface area (Å²) < 4.78 is 4.84. The first-order chi connectivity index (χ1) is 6.65. The summed E-state index contributed by atoms with van der Waals surface area (Å²) in [6.07, 6.45) is 0.328. The number of benzene rings is 1. The molecule has 0 aromatic heterocycles. The fourth-order valence-electron chi connectivity index (χ4n) is 1.10. The van der Waals surface area contributed by atoms with E-state index in [-0.39, 0.29) is 11.5 Å². The molecule has 0 saturated heterocycles. The van der Waals surface area contributed by atoms with Crippen molar-refractivity contribution < 1.29 is 14.9 Å². The van der Waals surface area contributed by atoms with Gasteiger partial charge in [0.2, 0.25) is 5.90 Å². The average Bonchev–Trinajstić information content (AvgIpc) is 2.12. The molecule has 0 radical (unpaired) electrons. The van der Waals surface area contributed by atoms with Crippen molar-refractivity contribution in [2.24, 2.45) is 10.9 Å². The quantitative estimate of drug-likeness (QED) is 0.279. The van der Waals surface area contributed by atoms with Crippen molar-refractivity contribution in [2.75, 3.05) is 7.11 Å². The minimum atomic E-state index is -0.00697. The summed E-state index contributed by atoms with van der Waals surface area (Å²) in [5, 5.41) is 21.8. The number of nitrogens with two attached hydrogens (primary N) is 1. The van der Waals surface area contributed by atoms with Gasteiger partial charge >= 0.3 is 0 Å². The lowest BCUT2D eigenvalue weighted by Crippen LogP contribution is -2.08. The van der Waals surface area contributed by atoms with Gasteiger partial charge in [-0.25, -0.2) is 0 Å². The first-order valence-electron chi connectivity index (χ1n) is 3.98. The molecule has 5 heteroatoms. The van der Waals surface area contributed by atoms with E-state index in [0.717, 1.165) is 0 Å². The third kappa shape index (κ3) is 2.55. The third-order valence-electron chi connectivity index (χ3n) is 1.70. The van der Waals surface area contributed by atoms with Gasteiger partial charge in [-0.1, -0.05) is 0 Å². The van der Waals surface area contributed by atoms with E-state index in [0.29, 0.717) is 17.9 Å². The molecule has 76 valence electrons. The largest absolute Gasteiger partial charge is 0.508 e. The first-order valence-corrected chi connectivity index (χ1v) is 3.98. The standard InChI is InChI=1S/C9H12N2O3/c1-14-9(11-10)4-6-2-7(12)5-8(13)3-6/h2-3,5,12-13H,4,10H2,1H3/b11-9-. The van der Waals surface area contributed by atoms with E-state index in [4.69, 9.17) is 10.6 Å². The molecule has 0 bridgehead atoms. The second-order valence-corrected chi connectivity index (χ2v) is 2.76. The van der Waals surface area contributed by atoms with Crippen LogP contribution in [0.4, 0.5) is 0 Å². The molecule has 0 spiro atoms. The smallest absolute Gasteiger partial charge is 0.209 e. The zero-order chi connectivity index (χ0) is 10.6. The van der Waals surface area contributed by atoms with Gasteiger partial charge in [0.05, 0.1) is 13.5 Å². The number of aromatic hydroxyl groups is 2. The predicted molar refractivity (Wildman–Crippen MR) is 52.1 cm³/mol. The highest BCUT2D eigenvalue weighted by Gasteiger charge is 2.03. The molecule has 1 aromatic rings. The van der Waals surface area contributed by atoms with E-state index in [9.17, 15) is 10.2 Å². The normalized spacial score (nSPS) is 11.4. The van der Waals surface area contributed by atoms with E-state index >= 15 is 0 Å². The molecule has 0 aliphatic heterocycles. The van der Waals surface area contributed by atoms with Crippen molar-refractivity contribution in [1.82, 2.24) is 0 Å². The summed E-state index contributed by atoms with van der Waals surface area (Å²) in [7, 11) is 1.45. The maximum Gasteiger partial charge on any atom is 0.209 e. The van der Waals surface area contributed by atoms with Gasteiger partial charge in [0.15, 0.2) is 0 Å². The van der Waals surface area contributed by atoms with Crippen LogP contribution in [0, 0.1) is 0 Å². The van der Waals surface area contributed by atoms with Gasteiger partial charge in [0.1, 0.15) is 11.5 Å². The van der Waals surface area contributed by atoms with Gasteiger partial charge in [0.25, 0.3) is 0 Å². The molecule has 0 unspecified atom stereocenters. The van der Waals surface area contributed by atoms with Gasteiger partial charge < -0.3 is 20.8 Å². The lowest BCUT2D eigenvalue weighted by Gasteiger charge is -2.04. The summed E-state index contributed by atoms with van der Waals surface area (Å²) in [5.41, 5.74) is 0.675. The molecule has 0 heterocycles. The van der Waals surface area contributed by atoms with Crippen molar-refractivity contribution in [3.8, 4) is 11.5 Å². The number of phenolic OH excluding ortho intramolecular Hbond substituents is 2. The Morgan fingerprint density at radius 2 is 1.93 bits per heavy atom. The Labute approximate surface area is 81.4 Å². The molecule has 0 atom stereocenters. The Balaban J connectivity index is 2.86. The first kappa shape index (κ1) is 10.2. The van der Waals surface area contributed by atoms with Crippen LogP contribution >= 0.6 is 0 Å². The topological polar surface area (TPSA) is 88.1 Å². The molecule has 14 heavy (non-hydrogen) atoms. The number of hydrogen-bond acceptors (Lipinski definition) is 5. The van der Waals surface area contributed by atoms with Crippen LogP contribution in [0.1, 0.15) is 5.56 Å². The summed E-state index contributed by atoms with van der Waals surface area (Å²) in [6.45, 7) is 0. The van der Waals surface area contributed by atoms with E-state index in [1.54, 1.807) is 0 Å². The Bertz CT molecular complexity index is 330. The maximum absolute atomic E-state index is 9.18. The van der Waals surface area contributed by atoms with Crippen molar-refractivity contribution >= 4 is 5.90 Å². The van der Waals surface area contributed by atoms with Crippen molar-refractivity contribution in [1.29, 1.82) is 0 Å². The number of phenols is 2. The number of ether oxygens (including phenoxy) is 1. The molecule has 4 N–H and O–H groups in total. The van der Waals surface area contributed by atoms with Gasteiger partial charge in [-0.2, -0.15) is 0 Å². The molecule has 0 aliphatic rings. The predicted octanol–water partition coefficient (Wildman–Crippen LogP) is 0.559. The second-order valence-electron chi connectivity index (χ2n) is 2.76. The number of hydrazone groups is 1. The van der Waals surface area contributed by atoms with Gasteiger partial charge in [-0.3, -0.25) is 0 Å². The van der Waals surface area contributed by atoms with Crippen LogP contribution in [-0.4, -0.2) is 23.2 Å². The molecular formula is C9H12N2O3. The SMILES string of the molecule is CO/C(Cc1cc(O)cc(O)c1)=N\N. The van der Waals surface area contributed by atoms with Crippen LogP contribution in [0.15, 0.2) is 23.3 Å². The summed E-state index contributed by atoms with van der Waals surface area (Å²) >= 11 is 0. The molecule has 5 nitrogen and oxygen atoms in total.